The molecule has 3 aromatic heterocycles. The van der Waals surface area contributed by atoms with Gasteiger partial charge in [0.15, 0.2) is 0 Å². The van der Waals surface area contributed by atoms with Gasteiger partial charge < -0.3 is 10.4 Å². The molecule has 1 aromatic carbocycles. The monoisotopic (exact) mass is 414 g/mol. The summed E-state index contributed by atoms with van der Waals surface area (Å²) in [7, 11) is 0. The number of fused-ring (bicyclic) bond motifs is 1. The number of nitrogens with zero attached hydrogens (tertiary/aromatic N) is 3. The van der Waals surface area contributed by atoms with Crippen molar-refractivity contribution in [2.75, 3.05) is 5.32 Å². The van der Waals surface area contributed by atoms with Crippen LogP contribution in [0.25, 0.3) is 16.9 Å². The molecule has 0 bridgehead atoms. The Kier molecular flexibility index (Phi) is 5.25. The standard InChI is InChI=1S/C24H22N4O3/c1-14-11-19(16(3)26-20-9-5-4-8-18(20)24(30)31)22-27-21(17-7-6-10-25-12-17)15(2)23(29)28(22)13-14/h4-13,16,26H,1-3H3,(H,30,31)/t16-/m1/s1. The zero-order valence-corrected chi connectivity index (χ0v) is 17.5. The number of carbonyl (C=O) groups is 1. The highest BCUT2D eigenvalue weighted by molar-refractivity contribution is 5.94. The molecule has 4 aromatic rings. The van der Waals surface area contributed by atoms with Crippen LogP contribution < -0.4 is 10.9 Å². The van der Waals surface area contributed by atoms with Crippen molar-refractivity contribution in [2.24, 2.45) is 0 Å². The number of hydrogen-bond acceptors (Lipinski definition) is 5. The lowest BCUT2D eigenvalue weighted by Gasteiger charge is -2.20. The van der Waals surface area contributed by atoms with Gasteiger partial charge >= 0.3 is 5.97 Å². The summed E-state index contributed by atoms with van der Waals surface area (Å²) < 4.78 is 1.56. The Hall–Kier alpha value is -4.00. The normalized spacial score (nSPS) is 12.0. The molecule has 0 spiro atoms. The number of carboxylic acids is 1. The molecule has 1 atom stereocenters. The minimum atomic E-state index is -1.01. The molecular weight excluding hydrogens is 392 g/mol. The molecule has 4 rings (SSSR count). The van der Waals surface area contributed by atoms with E-state index in [-0.39, 0.29) is 17.2 Å². The van der Waals surface area contributed by atoms with Gasteiger partial charge in [-0.3, -0.25) is 14.2 Å². The fourth-order valence-electron chi connectivity index (χ4n) is 3.70. The Bertz CT molecular complexity index is 1350. The minimum Gasteiger partial charge on any atom is -0.478 e. The zero-order chi connectivity index (χ0) is 22.1. The van der Waals surface area contributed by atoms with Crippen LogP contribution in [-0.2, 0) is 0 Å². The van der Waals surface area contributed by atoms with Gasteiger partial charge in [-0.15, -0.1) is 0 Å². The smallest absolute Gasteiger partial charge is 0.337 e. The molecule has 7 nitrogen and oxygen atoms in total. The number of aromatic carboxylic acids is 1. The van der Waals surface area contributed by atoms with Crippen molar-refractivity contribution in [2.45, 2.75) is 26.8 Å². The molecule has 7 heteroatoms. The summed E-state index contributed by atoms with van der Waals surface area (Å²) >= 11 is 0. The molecule has 0 aliphatic heterocycles. The molecule has 0 aliphatic rings. The molecule has 0 saturated heterocycles. The van der Waals surface area contributed by atoms with E-state index >= 15 is 0 Å². The van der Waals surface area contributed by atoms with E-state index in [1.54, 1.807) is 60.2 Å². The van der Waals surface area contributed by atoms with Crippen LogP contribution in [0.2, 0.25) is 0 Å². The van der Waals surface area contributed by atoms with Crippen molar-refractivity contribution >= 4 is 17.3 Å². The van der Waals surface area contributed by atoms with E-state index in [0.29, 0.717) is 22.6 Å². The third-order valence-electron chi connectivity index (χ3n) is 5.25. The van der Waals surface area contributed by atoms with Crippen LogP contribution in [0.4, 0.5) is 5.69 Å². The fourth-order valence-corrected chi connectivity index (χ4v) is 3.70. The molecule has 2 N–H and O–H groups in total. The highest BCUT2D eigenvalue weighted by Crippen LogP contribution is 2.27. The van der Waals surface area contributed by atoms with Gasteiger partial charge in [0.2, 0.25) is 0 Å². The predicted molar refractivity (Wildman–Crippen MR) is 120 cm³/mol. The van der Waals surface area contributed by atoms with Gasteiger partial charge in [-0.05, 0) is 56.7 Å². The maximum absolute atomic E-state index is 13.2. The first kappa shape index (κ1) is 20.3. The van der Waals surface area contributed by atoms with Crippen molar-refractivity contribution < 1.29 is 9.90 Å². The number of nitrogens with one attached hydrogen (secondary N) is 1. The summed E-state index contributed by atoms with van der Waals surface area (Å²) in [5, 5.41) is 12.8. The van der Waals surface area contributed by atoms with E-state index in [0.717, 1.165) is 16.7 Å². The number of aryl methyl sites for hydroxylation is 1. The van der Waals surface area contributed by atoms with E-state index < -0.39 is 5.97 Å². The van der Waals surface area contributed by atoms with Crippen LogP contribution in [0.1, 0.15) is 40.0 Å². The van der Waals surface area contributed by atoms with Crippen LogP contribution >= 0.6 is 0 Å². The lowest BCUT2D eigenvalue weighted by molar-refractivity contribution is 0.0698. The van der Waals surface area contributed by atoms with Gasteiger partial charge in [-0.25, -0.2) is 9.78 Å². The summed E-state index contributed by atoms with van der Waals surface area (Å²) in [5.74, 6) is -1.01. The quantitative estimate of drug-likeness (QED) is 0.507. The molecule has 31 heavy (non-hydrogen) atoms. The van der Waals surface area contributed by atoms with Crippen molar-refractivity contribution in [1.29, 1.82) is 0 Å². The van der Waals surface area contributed by atoms with E-state index in [1.807, 2.05) is 26.0 Å². The first-order valence-electron chi connectivity index (χ1n) is 9.89. The summed E-state index contributed by atoms with van der Waals surface area (Å²) in [6.07, 6.45) is 5.13. The number of aromatic nitrogens is 3. The lowest BCUT2D eigenvalue weighted by atomic mass is 10.0. The molecule has 0 fully saturated rings. The number of rotatable bonds is 5. The Morgan fingerprint density at radius 1 is 1.16 bits per heavy atom. The SMILES string of the molecule is Cc1cc([C@@H](C)Nc2ccccc2C(=O)O)c2nc(-c3cccnc3)c(C)c(=O)n2c1. The van der Waals surface area contributed by atoms with Gasteiger partial charge in [-0.1, -0.05) is 12.1 Å². The maximum Gasteiger partial charge on any atom is 0.337 e. The molecule has 0 unspecified atom stereocenters. The van der Waals surface area contributed by atoms with E-state index in [1.165, 1.54) is 0 Å². The largest absolute Gasteiger partial charge is 0.478 e. The highest BCUT2D eigenvalue weighted by atomic mass is 16.4. The first-order valence-corrected chi connectivity index (χ1v) is 9.89. The lowest BCUT2D eigenvalue weighted by Crippen LogP contribution is -2.22. The van der Waals surface area contributed by atoms with Gasteiger partial charge in [0.05, 0.1) is 17.3 Å². The second kappa shape index (κ2) is 8.02. The second-order valence-corrected chi connectivity index (χ2v) is 7.52. The molecule has 0 aliphatic carbocycles. The van der Waals surface area contributed by atoms with Crippen LogP contribution in [0, 0.1) is 13.8 Å². The fraction of sp³-hybridized carbons (Fsp3) is 0.167. The van der Waals surface area contributed by atoms with E-state index in [2.05, 4.69) is 10.3 Å². The average Bonchev–Trinajstić information content (AvgIpc) is 2.77. The Morgan fingerprint density at radius 2 is 1.94 bits per heavy atom. The number of benzene rings is 1. The van der Waals surface area contributed by atoms with Crippen molar-refractivity contribution in [3.05, 3.63) is 93.7 Å². The van der Waals surface area contributed by atoms with Crippen LogP contribution in [0.15, 0.2) is 65.8 Å². The third kappa shape index (κ3) is 3.77. The van der Waals surface area contributed by atoms with Crippen molar-refractivity contribution in [1.82, 2.24) is 14.4 Å². The Balaban J connectivity index is 1.89. The summed E-state index contributed by atoms with van der Waals surface area (Å²) in [5.41, 5.74) is 4.65. The third-order valence-corrected chi connectivity index (χ3v) is 5.25. The van der Waals surface area contributed by atoms with Crippen molar-refractivity contribution in [3.8, 4) is 11.3 Å². The number of hydrogen-bond donors (Lipinski definition) is 2. The molecule has 0 saturated carbocycles. The topological polar surface area (TPSA) is 96.6 Å². The summed E-state index contributed by atoms with van der Waals surface area (Å²) in [6.45, 7) is 5.59. The molecule has 0 amide bonds. The van der Waals surface area contributed by atoms with Gasteiger partial charge in [0.25, 0.3) is 5.56 Å². The van der Waals surface area contributed by atoms with Gasteiger partial charge in [-0.2, -0.15) is 0 Å². The van der Waals surface area contributed by atoms with E-state index in [4.69, 9.17) is 4.98 Å². The minimum absolute atomic E-state index is 0.146. The molecule has 3 heterocycles. The molecule has 156 valence electrons. The van der Waals surface area contributed by atoms with Gasteiger partial charge in [0, 0.05) is 41.0 Å². The number of anilines is 1. The van der Waals surface area contributed by atoms with E-state index in [9.17, 15) is 14.7 Å². The van der Waals surface area contributed by atoms with Crippen molar-refractivity contribution in [3.63, 3.8) is 0 Å². The van der Waals surface area contributed by atoms with Crippen LogP contribution in [-0.4, -0.2) is 25.4 Å². The molecule has 0 radical (unpaired) electrons. The Morgan fingerprint density at radius 3 is 2.65 bits per heavy atom. The van der Waals surface area contributed by atoms with Crippen LogP contribution in [0.5, 0.6) is 0 Å². The second-order valence-electron chi connectivity index (χ2n) is 7.52. The van der Waals surface area contributed by atoms with Gasteiger partial charge in [0.1, 0.15) is 5.65 Å². The number of pyridine rings is 2. The summed E-state index contributed by atoms with van der Waals surface area (Å²) in [6, 6.07) is 12.1. The Labute approximate surface area is 179 Å². The predicted octanol–water partition coefficient (Wildman–Crippen LogP) is 4.24. The number of carboxylic acid groups (broad SMARTS) is 1. The highest BCUT2D eigenvalue weighted by Gasteiger charge is 2.19. The number of para-hydroxylation sites is 1. The summed E-state index contributed by atoms with van der Waals surface area (Å²) in [4.78, 5) is 33.7. The first-order chi connectivity index (χ1) is 14.9. The van der Waals surface area contributed by atoms with Crippen LogP contribution in [0.3, 0.4) is 0 Å². The maximum atomic E-state index is 13.2. The molecular formula is C24H22N4O3. The zero-order valence-electron chi connectivity index (χ0n) is 17.5. The average molecular weight is 414 g/mol.